The van der Waals surface area contributed by atoms with Crippen molar-refractivity contribution in [3.63, 3.8) is 0 Å². The maximum Gasteiger partial charge on any atom is 0.318 e. The van der Waals surface area contributed by atoms with Crippen LogP contribution in [0.1, 0.15) is 51.7 Å². The van der Waals surface area contributed by atoms with Crippen molar-refractivity contribution in [2.75, 3.05) is 13.1 Å². The molecule has 0 saturated carbocycles. The van der Waals surface area contributed by atoms with E-state index in [9.17, 15) is 9.90 Å². The molecule has 0 radical (unpaired) electrons. The molecule has 2 rings (SSSR count). The second-order valence-corrected chi connectivity index (χ2v) is 6.32. The zero-order chi connectivity index (χ0) is 19.4. The van der Waals surface area contributed by atoms with E-state index in [1.807, 2.05) is 60.7 Å². The van der Waals surface area contributed by atoms with Crippen LogP contribution in [0.2, 0.25) is 0 Å². The minimum atomic E-state index is -0.980. The summed E-state index contributed by atoms with van der Waals surface area (Å²) < 4.78 is 0. The summed E-state index contributed by atoms with van der Waals surface area (Å²) in [6.07, 6.45) is 1.65. The van der Waals surface area contributed by atoms with Gasteiger partial charge in [0, 0.05) is 0 Å². The fourth-order valence-electron chi connectivity index (χ4n) is 3.61. The number of carboxylic acids is 1. The SMILES string of the molecule is CCC(CC)C(C(=O)O)(c1ccccc1)c1ccccc1.CCNCC.Cl. The van der Waals surface area contributed by atoms with Crippen molar-refractivity contribution in [1.29, 1.82) is 0 Å². The van der Waals surface area contributed by atoms with Crippen LogP contribution < -0.4 is 5.32 Å². The van der Waals surface area contributed by atoms with Crippen LogP contribution in [0.4, 0.5) is 0 Å². The molecule has 0 atom stereocenters. The average Bonchev–Trinajstić information content (AvgIpc) is 2.68. The highest BCUT2D eigenvalue weighted by atomic mass is 35.5. The third kappa shape index (κ3) is 6.08. The van der Waals surface area contributed by atoms with Gasteiger partial charge in [0.15, 0.2) is 0 Å². The van der Waals surface area contributed by atoms with E-state index in [0.29, 0.717) is 0 Å². The van der Waals surface area contributed by atoms with Gasteiger partial charge in [0.25, 0.3) is 0 Å². The zero-order valence-corrected chi connectivity index (χ0v) is 17.8. The Bertz CT molecular complexity index is 586. The number of aliphatic carboxylic acids is 1. The molecule has 0 aliphatic carbocycles. The van der Waals surface area contributed by atoms with Crippen LogP contribution >= 0.6 is 12.4 Å². The molecule has 0 aliphatic rings. The molecule has 0 unspecified atom stereocenters. The van der Waals surface area contributed by atoms with Crippen molar-refractivity contribution in [2.45, 2.75) is 46.0 Å². The molecule has 2 N–H and O–H groups in total. The van der Waals surface area contributed by atoms with Crippen LogP contribution in [0, 0.1) is 5.92 Å². The predicted octanol–water partition coefficient (Wildman–Crippen LogP) is 5.53. The molecule has 150 valence electrons. The van der Waals surface area contributed by atoms with Gasteiger partial charge in [0.05, 0.1) is 0 Å². The molecule has 0 heterocycles. The van der Waals surface area contributed by atoms with Gasteiger partial charge in [-0.2, -0.15) is 0 Å². The summed E-state index contributed by atoms with van der Waals surface area (Å²) in [5, 5.41) is 13.3. The first kappa shape index (κ1) is 25.2. The van der Waals surface area contributed by atoms with Crippen LogP contribution in [0.5, 0.6) is 0 Å². The van der Waals surface area contributed by atoms with Gasteiger partial charge in [-0.05, 0) is 30.1 Å². The molecule has 2 aromatic carbocycles. The lowest BCUT2D eigenvalue weighted by molar-refractivity contribution is -0.144. The molecule has 3 nitrogen and oxygen atoms in total. The van der Waals surface area contributed by atoms with Gasteiger partial charge in [-0.25, -0.2) is 0 Å². The van der Waals surface area contributed by atoms with Crippen molar-refractivity contribution >= 4 is 18.4 Å². The monoisotopic (exact) mass is 391 g/mol. The molecule has 27 heavy (non-hydrogen) atoms. The van der Waals surface area contributed by atoms with Crippen LogP contribution in [0.15, 0.2) is 60.7 Å². The van der Waals surface area contributed by atoms with Crippen molar-refractivity contribution in [3.8, 4) is 0 Å². The van der Waals surface area contributed by atoms with Gasteiger partial charge >= 0.3 is 5.97 Å². The fourth-order valence-corrected chi connectivity index (χ4v) is 3.61. The Kier molecular flexibility index (Phi) is 12.4. The fraction of sp³-hybridized carbons (Fsp3) is 0.435. The lowest BCUT2D eigenvalue weighted by atomic mass is 9.64. The maximum atomic E-state index is 12.4. The molecule has 0 saturated heterocycles. The van der Waals surface area contributed by atoms with Crippen LogP contribution in [0.3, 0.4) is 0 Å². The first-order valence-corrected chi connectivity index (χ1v) is 9.64. The number of hydrogen-bond donors (Lipinski definition) is 2. The minimum Gasteiger partial charge on any atom is -0.480 e. The van der Waals surface area contributed by atoms with Crippen LogP contribution in [-0.4, -0.2) is 24.2 Å². The summed E-state index contributed by atoms with van der Waals surface area (Å²) in [5.41, 5.74) is 0.737. The lowest BCUT2D eigenvalue weighted by Gasteiger charge is -2.37. The van der Waals surface area contributed by atoms with Gasteiger partial charge in [0.1, 0.15) is 5.41 Å². The predicted molar refractivity (Wildman–Crippen MR) is 117 cm³/mol. The first-order chi connectivity index (χ1) is 12.6. The summed E-state index contributed by atoms with van der Waals surface area (Å²) in [4.78, 5) is 12.4. The number of benzene rings is 2. The number of halogens is 1. The Balaban J connectivity index is 0.00000100. The van der Waals surface area contributed by atoms with Gasteiger partial charge in [-0.15, -0.1) is 12.4 Å². The minimum absolute atomic E-state index is 0. The Labute approximate surface area is 170 Å². The van der Waals surface area contributed by atoms with E-state index in [1.165, 1.54) is 0 Å². The van der Waals surface area contributed by atoms with Crippen molar-refractivity contribution in [2.24, 2.45) is 5.92 Å². The lowest BCUT2D eigenvalue weighted by Crippen LogP contribution is -2.44. The average molecular weight is 392 g/mol. The quantitative estimate of drug-likeness (QED) is 0.621. The standard InChI is InChI=1S/C19H22O2.C4H11N.ClH/c1-3-15(4-2)19(18(20)21,16-11-7-5-8-12-16)17-13-9-6-10-14-17;1-3-5-4-2;/h5-15H,3-4H2,1-2H3,(H,20,21);5H,3-4H2,1-2H3;1H. The number of hydrogen-bond acceptors (Lipinski definition) is 2. The summed E-state index contributed by atoms with van der Waals surface area (Å²) >= 11 is 0. The van der Waals surface area contributed by atoms with E-state index in [0.717, 1.165) is 37.1 Å². The van der Waals surface area contributed by atoms with Crippen LogP contribution in [-0.2, 0) is 10.2 Å². The molecule has 2 aromatic rings. The molecule has 0 amide bonds. The summed E-state index contributed by atoms with van der Waals surface area (Å²) in [6, 6.07) is 19.2. The van der Waals surface area contributed by atoms with E-state index in [2.05, 4.69) is 33.0 Å². The van der Waals surface area contributed by atoms with Gasteiger partial charge in [-0.1, -0.05) is 101 Å². The molecule has 0 aliphatic heterocycles. The molecule has 0 spiro atoms. The second kappa shape index (κ2) is 13.3. The molecule has 0 bridgehead atoms. The highest BCUT2D eigenvalue weighted by molar-refractivity contribution is 5.86. The number of nitrogens with one attached hydrogen (secondary N) is 1. The molecule has 0 aromatic heterocycles. The highest BCUT2D eigenvalue weighted by Crippen LogP contribution is 2.42. The maximum absolute atomic E-state index is 12.4. The smallest absolute Gasteiger partial charge is 0.318 e. The largest absolute Gasteiger partial charge is 0.480 e. The van der Waals surface area contributed by atoms with Crippen molar-refractivity contribution in [3.05, 3.63) is 71.8 Å². The topological polar surface area (TPSA) is 49.3 Å². The summed E-state index contributed by atoms with van der Waals surface area (Å²) in [7, 11) is 0. The third-order valence-corrected chi connectivity index (χ3v) is 4.89. The van der Waals surface area contributed by atoms with Gasteiger partial charge in [0.2, 0.25) is 0 Å². The van der Waals surface area contributed by atoms with E-state index < -0.39 is 11.4 Å². The molecule has 0 fully saturated rings. The van der Waals surface area contributed by atoms with E-state index >= 15 is 0 Å². The third-order valence-electron chi connectivity index (χ3n) is 4.89. The van der Waals surface area contributed by atoms with E-state index in [-0.39, 0.29) is 18.3 Å². The van der Waals surface area contributed by atoms with E-state index in [4.69, 9.17) is 0 Å². The van der Waals surface area contributed by atoms with Crippen molar-refractivity contribution < 1.29 is 9.90 Å². The first-order valence-electron chi connectivity index (χ1n) is 9.64. The molecular weight excluding hydrogens is 358 g/mol. The van der Waals surface area contributed by atoms with Gasteiger partial charge < -0.3 is 10.4 Å². The summed E-state index contributed by atoms with van der Waals surface area (Å²) in [6.45, 7) is 10.5. The van der Waals surface area contributed by atoms with Crippen LogP contribution in [0.25, 0.3) is 0 Å². The number of carbonyl (C=O) groups is 1. The molecule has 4 heteroatoms. The zero-order valence-electron chi connectivity index (χ0n) is 16.9. The Morgan fingerprint density at radius 1 is 0.852 bits per heavy atom. The van der Waals surface area contributed by atoms with E-state index in [1.54, 1.807) is 0 Å². The highest BCUT2D eigenvalue weighted by Gasteiger charge is 2.47. The Morgan fingerprint density at radius 2 is 1.22 bits per heavy atom. The molecular formula is C23H34ClNO2. The number of rotatable bonds is 8. The summed E-state index contributed by atoms with van der Waals surface area (Å²) in [5.74, 6) is -0.714. The normalized spacial score (nSPS) is 10.6. The van der Waals surface area contributed by atoms with Gasteiger partial charge in [-0.3, -0.25) is 4.79 Å². The van der Waals surface area contributed by atoms with Crippen molar-refractivity contribution in [1.82, 2.24) is 5.32 Å². The Morgan fingerprint density at radius 3 is 1.44 bits per heavy atom. The Hall–Kier alpha value is -1.84. The second-order valence-electron chi connectivity index (χ2n) is 6.32. The number of carboxylic acid groups (broad SMARTS) is 1.